The first-order valence-electron chi connectivity index (χ1n) is 13.4. The highest BCUT2D eigenvalue weighted by Gasteiger charge is 2.36. The van der Waals surface area contributed by atoms with Crippen molar-refractivity contribution in [2.24, 2.45) is 0 Å². The molecule has 0 unspecified atom stereocenters. The molecule has 7 heteroatoms. The third-order valence-corrected chi connectivity index (χ3v) is 7.49. The predicted octanol–water partition coefficient (Wildman–Crippen LogP) is 6.48. The van der Waals surface area contributed by atoms with Gasteiger partial charge in [-0.15, -0.1) is 0 Å². The molecule has 2 aliphatic rings. The first-order valence-corrected chi connectivity index (χ1v) is 13.4. The number of carbonyl (C=O) groups excluding carboxylic acids is 3. The predicted molar refractivity (Wildman–Crippen MR) is 147 cm³/mol. The van der Waals surface area contributed by atoms with Gasteiger partial charge in [-0.2, -0.15) is 0 Å². The summed E-state index contributed by atoms with van der Waals surface area (Å²) < 4.78 is 16.9. The second-order valence-corrected chi connectivity index (χ2v) is 10.2. The zero-order valence-corrected chi connectivity index (χ0v) is 22.2. The number of aromatic hydroxyl groups is 1. The SMILES string of the molecule is COc1ccc([C@@H]2CC(=O)Oc3cc4c(c(O)c32)C(=O)O[C@@H](C)CCCC(=O)CCCC=C4)c2ccccc12. The van der Waals surface area contributed by atoms with Crippen LogP contribution in [0.25, 0.3) is 16.8 Å². The van der Waals surface area contributed by atoms with E-state index in [1.807, 2.05) is 42.5 Å². The topological polar surface area (TPSA) is 99.1 Å². The lowest BCUT2D eigenvalue weighted by molar-refractivity contribution is -0.135. The summed E-state index contributed by atoms with van der Waals surface area (Å²) in [7, 11) is 1.61. The average molecular weight is 529 g/mol. The molecule has 2 heterocycles. The van der Waals surface area contributed by atoms with Crippen molar-refractivity contribution >= 4 is 34.6 Å². The minimum Gasteiger partial charge on any atom is -0.507 e. The van der Waals surface area contributed by atoms with Crippen LogP contribution < -0.4 is 9.47 Å². The molecule has 3 aromatic rings. The first-order chi connectivity index (χ1) is 18.9. The van der Waals surface area contributed by atoms with E-state index in [9.17, 15) is 19.5 Å². The maximum absolute atomic E-state index is 13.5. The van der Waals surface area contributed by atoms with Gasteiger partial charge in [-0.1, -0.05) is 42.5 Å². The number of methoxy groups -OCH3 is 1. The number of fused-ring (bicyclic) bond motifs is 3. The Bertz CT molecular complexity index is 1470. The number of hydrogen-bond acceptors (Lipinski definition) is 7. The molecule has 0 aromatic heterocycles. The van der Waals surface area contributed by atoms with E-state index in [1.165, 1.54) is 0 Å². The lowest BCUT2D eigenvalue weighted by Gasteiger charge is -2.28. The van der Waals surface area contributed by atoms with Gasteiger partial charge in [0.25, 0.3) is 0 Å². The van der Waals surface area contributed by atoms with Crippen LogP contribution in [-0.4, -0.2) is 36.0 Å². The number of hydrogen-bond donors (Lipinski definition) is 1. The fourth-order valence-electron chi connectivity index (χ4n) is 5.56. The van der Waals surface area contributed by atoms with Crippen molar-refractivity contribution < 1.29 is 33.7 Å². The van der Waals surface area contributed by atoms with Crippen molar-refractivity contribution in [2.45, 2.75) is 63.9 Å². The van der Waals surface area contributed by atoms with E-state index < -0.39 is 24.0 Å². The number of cyclic esters (lactones) is 1. The van der Waals surface area contributed by atoms with Crippen LogP contribution in [-0.2, 0) is 14.3 Å². The summed E-state index contributed by atoms with van der Waals surface area (Å²) in [6.07, 6.45) is 6.63. The van der Waals surface area contributed by atoms with E-state index in [4.69, 9.17) is 14.2 Å². The highest BCUT2D eigenvalue weighted by atomic mass is 16.5. The number of esters is 2. The Kier molecular flexibility index (Phi) is 7.68. The van der Waals surface area contributed by atoms with E-state index in [1.54, 1.807) is 26.2 Å². The average Bonchev–Trinajstić information content (AvgIpc) is 2.91. The van der Waals surface area contributed by atoms with Crippen molar-refractivity contribution in [3.63, 3.8) is 0 Å². The number of benzene rings is 3. The van der Waals surface area contributed by atoms with Gasteiger partial charge in [-0.25, -0.2) is 4.79 Å². The van der Waals surface area contributed by atoms with Gasteiger partial charge in [0.05, 0.1) is 19.6 Å². The summed E-state index contributed by atoms with van der Waals surface area (Å²) in [5, 5.41) is 13.4. The molecule has 3 aromatic carbocycles. The quantitative estimate of drug-likeness (QED) is 0.300. The van der Waals surface area contributed by atoms with Crippen molar-refractivity contribution in [2.75, 3.05) is 7.11 Å². The Morgan fingerprint density at radius 1 is 1.00 bits per heavy atom. The second-order valence-electron chi connectivity index (χ2n) is 10.2. The molecular formula is C32H32O7. The molecule has 7 nitrogen and oxygen atoms in total. The number of phenols is 1. The molecule has 2 aliphatic heterocycles. The normalized spacial score (nSPS) is 20.4. The summed E-state index contributed by atoms with van der Waals surface area (Å²) in [4.78, 5) is 38.3. The van der Waals surface area contributed by atoms with Gasteiger partial charge < -0.3 is 19.3 Å². The molecule has 0 amide bonds. The Morgan fingerprint density at radius 3 is 2.56 bits per heavy atom. The Labute approximate surface area is 227 Å². The number of phenolic OH excluding ortho intramolecular Hbond substituents is 1. The molecule has 2 atom stereocenters. The standard InChI is InChI=1S/C32H32O7/c1-19-9-8-12-21(33)11-5-3-4-10-20-17-27-30(31(35)29(20)32(36)38-19)25(18-28(34)39-27)23-15-16-26(37-2)24-14-7-6-13-22(23)24/h4,6-7,10,13-17,19,25,35H,3,5,8-9,11-12,18H2,1-2H3/t19-,25-/m0/s1. The summed E-state index contributed by atoms with van der Waals surface area (Å²) in [6, 6.07) is 13.1. The molecule has 0 spiro atoms. The molecule has 39 heavy (non-hydrogen) atoms. The monoisotopic (exact) mass is 528 g/mol. The van der Waals surface area contributed by atoms with Crippen LogP contribution in [0, 0.1) is 0 Å². The summed E-state index contributed by atoms with van der Waals surface area (Å²) in [5.41, 5.74) is 1.65. The molecule has 5 rings (SSSR count). The van der Waals surface area contributed by atoms with Crippen molar-refractivity contribution in [1.29, 1.82) is 0 Å². The van der Waals surface area contributed by atoms with Gasteiger partial charge in [0, 0.05) is 29.7 Å². The van der Waals surface area contributed by atoms with Gasteiger partial charge in [0.1, 0.15) is 28.6 Å². The minimum absolute atomic E-state index is 0.00495. The van der Waals surface area contributed by atoms with Crippen LogP contribution in [0.4, 0.5) is 0 Å². The van der Waals surface area contributed by atoms with Crippen LogP contribution in [0.15, 0.2) is 48.5 Å². The maximum Gasteiger partial charge on any atom is 0.342 e. The Hall–Kier alpha value is -4.13. The lowest BCUT2D eigenvalue weighted by Crippen LogP contribution is -2.23. The lowest BCUT2D eigenvalue weighted by atomic mass is 9.81. The number of allylic oxidation sites excluding steroid dienone is 1. The summed E-state index contributed by atoms with van der Waals surface area (Å²) in [5.74, 6) is -0.748. The van der Waals surface area contributed by atoms with E-state index in [2.05, 4.69) is 0 Å². The molecule has 0 saturated carbocycles. The molecule has 0 aliphatic carbocycles. The molecule has 1 N–H and O–H groups in total. The number of ether oxygens (including phenoxy) is 3. The maximum atomic E-state index is 13.5. The van der Waals surface area contributed by atoms with E-state index in [0.29, 0.717) is 55.4 Å². The number of rotatable bonds is 2. The third kappa shape index (κ3) is 5.39. The van der Waals surface area contributed by atoms with Gasteiger partial charge in [0.2, 0.25) is 0 Å². The fourth-order valence-corrected chi connectivity index (χ4v) is 5.56. The third-order valence-electron chi connectivity index (χ3n) is 7.49. The van der Waals surface area contributed by atoms with Crippen LogP contribution in [0.2, 0.25) is 0 Å². The smallest absolute Gasteiger partial charge is 0.342 e. The molecule has 0 radical (unpaired) electrons. The van der Waals surface area contributed by atoms with Crippen LogP contribution >= 0.6 is 0 Å². The van der Waals surface area contributed by atoms with E-state index in [0.717, 1.165) is 16.3 Å². The van der Waals surface area contributed by atoms with Gasteiger partial charge in [-0.05, 0) is 61.3 Å². The molecule has 0 saturated heterocycles. The van der Waals surface area contributed by atoms with E-state index in [-0.39, 0.29) is 29.3 Å². The highest BCUT2D eigenvalue weighted by Crippen LogP contribution is 2.49. The molecule has 0 fully saturated rings. The van der Waals surface area contributed by atoms with Crippen molar-refractivity contribution in [1.82, 2.24) is 0 Å². The van der Waals surface area contributed by atoms with Gasteiger partial charge >= 0.3 is 11.9 Å². The van der Waals surface area contributed by atoms with Crippen molar-refractivity contribution in [3.05, 3.63) is 70.8 Å². The fraction of sp³-hybridized carbons (Fsp3) is 0.344. The number of Topliss-reactive ketones (excluding diaryl/α,β-unsaturated/α-hetero) is 1. The van der Waals surface area contributed by atoms with Crippen LogP contribution in [0.3, 0.4) is 0 Å². The summed E-state index contributed by atoms with van der Waals surface area (Å²) in [6.45, 7) is 1.79. The zero-order chi connectivity index (χ0) is 27.5. The summed E-state index contributed by atoms with van der Waals surface area (Å²) >= 11 is 0. The number of carbonyl (C=O) groups is 3. The first kappa shape index (κ1) is 26.5. The molecule has 202 valence electrons. The molecular weight excluding hydrogens is 496 g/mol. The number of ketones is 1. The van der Waals surface area contributed by atoms with Gasteiger partial charge in [0.15, 0.2) is 0 Å². The zero-order valence-electron chi connectivity index (χ0n) is 22.2. The minimum atomic E-state index is -0.652. The van der Waals surface area contributed by atoms with Crippen molar-refractivity contribution in [3.8, 4) is 17.2 Å². The molecule has 0 bridgehead atoms. The largest absolute Gasteiger partial charge is 0.507 e. The second kappa shape index (κ2) is 11.3. The Balaban J connectivity index is 1.66. The van der Waals surface area contributed by atoms with E-state index >= 15 is 0 Å². The van der Waals surface area contributed by atoms with Gasteiger partial charge in [-0.3, -0.25) is 9.59 Å². The van der Waals surface area contributed by atoms with Crippen LogP contribution in [0.5, 0.6) is 17.2 Å². The highest BCUT2D eigenvalue weighted by molar-refractivity contribution is 5.99. The Morgan fingerprint density at radius 2 is 1.77 bits per heavy atom. The van der Waals surface area contributed by atoms with Crippen LogP contribution in [0.1, 0.15) is 84.8 Å².